The lowest BCUT2D eigenvalue weighted by molar-refractivity contribution is -0.137. The number of nitrogens with one attached hydrogen (secondary N) is 1. The molecule has 0 atom stereocenters. The van der Waals surface area contributed by atoms with Crippen molar-refractivity contribution in [2.45, 2.75) is 12.6 Å². The summed E-state index contributed by atoms with van der Waals surface area (Å²) >= 11 is 7.33. The van der Waals surface area contributed by atoms with Crippen LogP contribution in [0.25, 0.3) is 22.0 Å². The molecule has 0 amide bonds. The molecule has 0 aliphatic carbocycles. The second-order valence-electron chi connectivity index (χ2n) is 6.30. The Kier molecular flexibility index (Phi) is 5.28. The van der Waals surface area contributed by atoms with Crippen molar-refractivity contribution < 1.29 is 13.2 Å². The van der Waals surface area contributed by atoms with Gasteiger partial charge in [0.05, 0.1) is 5.56 Å². The van der Waals surface area contributed by atoms with Gasteiger partial charge in [-0.1, -0.05) is 35.9 Å². The minimum Gasteiger partial charge on any atom is -0.234 e. The number of thiazole rings is 1. The lowest BCUT2D eigenvalue weighted by Gasteiger charge is -2.07. The number of nitrogens with zero attached hydrogens (tertiary/aromatic N) is 4. The van der Waals surface area contributed by atoms with Gasteiger partial charge in [-0.15, -0.1) is 16.4 Å². The number of halogens is 4. The van der Waals surface area contributed by atoms with Gasteiger partial charge in [-0.05, 0) is 29.8 Å². The van der Waals surface area contributed by atoms with Gasteiger partial charge in [-0.2, -0.15) is 28.7 Å². The number of nitriles is 1. The van der Waals surface area contributed by atoms with Crippen molar-refractivity contribution in [3.05, 3.63) is 75.3 Å². The molecule has 5 nitrogen and oxygen atoms in total. The number of aromatic nitrogens is 4. The summed E-state index contributed by atoms with van der Waals surface area (Å²) in [4.78, 5) is 5.39. The Bertz CT molecular complexity index is 1220. The summed E-state index contributed by atoms with van der Waals surface area (Å²) in [6.45, 7) is 0. The van der Waals surface area contributed by atoms with E-state index in [9.17, 15) is 18.4 Å². The zero-order valence-corrected chi connectivity index (χ0v) is 16.6. The second kappa shape index (κ2) is 7.89. The molecule has 1 N–H and O–H groups in total. The number of rotatable bonds is 4. The maximum atomic E-state index is 12.8. The van der Waals surface area contributed by atoms with Crippen LogP contribution in [0.15, 0.2) is 48.5 Å². The van der Waals surface area contributed by atoms with Crippen LogP contribution >= 0.6 is 22.9 Å². The van der Waals surface area contributed by atoms with E-state index in [1.165, 1.54) is 23.5 Å². The zero-order valence-electron chi connectivity index (χ0n) is 15.0. The average Bonchev–Trinajstić information content (AvgIpc) is 3.35. The van der Waals surface area contributed by atoms with Crippen LogP contribution in [0.4, 0.5) is 13.2 Å². The molecular formula is C20H11ClF3N5S. The molecule has 0 spiro atoms. The monoisotopic (exact) mass is 445 g/mol. The predicted molar refractivity (Wildman–Crippen MR) is 107 cm³/mol. The maximum Gasteiger partial charge on any atom is 0.416 e. The third kappa shape index (κ3) is 4.06. The van der Waals surface area contributed by atoms with Gasteiger partial charge in [-0.3, -0.25) is 0 Å². The van der Waals surface area contributed by atoms with Gasteiger partial charge in [0, 0.05) is 21.9 Å². The van der Waals surface area contributed by atoms with E-state index in [0.29, 0.717) is 33.4 Å². The first-order chi connectivity index (χ1) is 14.3. The van der Waals surface area contributed by atoms with Crippen LogP contribution < -0.4 is 0 Å². The molecule has 0 fully saturated rings. The summed E-state index contributed by atoms with van der Waals surface area (Å²) in [5.41, 5.74) is 1.66. The first kappa shape index (κ1) is 20.1. The third-order valence-electron chi connectivity index (χ3n) is 4.31. The van der Waals surface area contributed by atoms with Gasteiger partial charge in [0.15, 0.2) is 11.4 Å². The number of alkyl halides is 3. The summed E-state index contributed by atoms with van der Waals surface area (Å²) in [6, 6.07) is 14.0. The Hall–Kier alpha value is -3.22. The number of hydrogen-bond donors (Lipinski definition) is 1. The molecule has 0 aliphatic heterocycles. The molecule has 4 rings (SSSR count). The Morgan fingerprint density at radius 2 is 1.70 bits per heavy atom. The summed E-state index contributed by atoms with van der Waals surface area (Å²) in [5, 5.41) is 20.8. The molecule has 2 heterocycles. The van der Waals surface area contributed by atoms with Crippen LogP contribution in [0.3, 0.4) is 0 Å². The van der Waals surface area contributed by atoms with Crippen molar-refractivity contribution in [1.82, 2.24) is 20.4 Å². The number of benzene rings is 2. The molecule has 0 aliphatic rings. The lowest BCUT2D eigenvalue weighted by Crippen LogP contribution is -2.04. The highest BCUT2D eigenvalue weighted by Gasteiger charge is 2.30. The largest absolute Gasteiger partial charge is 0.416 e. The van der Waals surface area contributed by atoms with E-state index in [0.717, 1.165) is 22.6 Å². The van der Waals surface area contributed by atoms with Gasteiger partial charge in [0.2, 0.25) is 0 Å². The predicted octanol–water partition coefficient (Wildman–Crippen LogP) is 5.73. The Balaban J connectivity index is 1.75. The van der Waals surface area contributed by atoms with Crippen molar-refractivity contribution in [2.24, 2.45) is 0 Å². The minimum atomic E-state index is -4.39. The molecule has 0 saturated heterocycles. The fourth-order valence-electron chi connectivity index (χ4n) is 2.84. The van der Waals surface area contributed by atoms with E-state index >= 15 is 0 Å². The smallest absolute Gasteiger partial charge is 0.234 e. The van der Waals surface area contributed by atoms with E-state index in [2.05, 4.69) is 20.4 Å². The van der Waals surface area contributed by atoms with Crippen LogP contribution in [-0.2, 0) is 12.6 Å². The average molecular weight is 446 g/mol. The molecule has 0 saturated carbocycles. The van der Waals surface area contributed by atoms with Crippen molar-refractivity contribution in [1.29, 1.82) is 5.26 Å². The first-order valence-corrected chi connectivity index (χ1v) is 9.77. The fourth-order valence-corrected chi connectivity index (χ4v) is 4.07. The Labute approximate surface area is 177 Å². The number of aromatic amines is 1. The highest BCUT2D eigenvalue weighted by Crippen LogP contribution is 2.36. The zero-order chi connectivity index (χ0) is 21.3. The highest BCUT2D eigenvalue weighted by atomic mass is 35.5. The minimum absolute atomic E-state index is 0.0941. The van der Waals surface area contributed by atoms with Crippen molar-refractivity contribution in [2.75, 3.05) is 0 Å². The summed E-state index contributed by atoms with van der Waals surface area (Å²) in [5.74, 6) is 0. The lowest BCUT2D eigenvalue weighted by atomic mass is 10.1. The Morgan fingerprint density at radius 1 is 1.00 bits per heavy atom. The Morgan fingerprint density at radius 3 is 2.33 bits per heavy atom. The molecule has 2 aromatic carbocycles. The normalized spacial score (nSPS) is 11.4. The molecule has 10 heteroatoms. The molecule has 0 radical (unpaired) electrons. The van der Waals surface area contributed by atoms with Gasteiger partial charge in [0.1, 0.15) is 16.8 Å². The van der Waals surface area contributed by atoms with Crippen molar-refractivity contribution in [3.63, 3.8) is 0 Å². The van der Waals surface area contributed by atoms with Crippen LogP contribution in [0, 0.1) is 11.3 Å². The molecule has 30 heavy (non-hydrogen) atoms. The van der Waals surface area contributed by atoms with E-state index in [1.54, 1.807) is 12.1 Å². The van der Waals surface area contributed by atoms with E-state index in [1.807, 2.05) is 18.2 Å². The molecular weight excluding hydrogens is 435 g/mol. The van der Waals surface area contributed by atoms with Gasteiger partial charge < -0.3 is 0 Å². The highest BCUT2D eigenvalue weighted by molar-refractivity contribution is 7.15. The first-order valence-electron chi connectivity index (χ1n) is 8.58. The summed E-state index contributed by atoms with van der Waals surface area (Å²) < 4.78 is 38.5. The van der Waals surface area contributed by atoms with Crippen molar-refractivity contribution in [3.8, 4) is 28.0 Å². The van der Waals surface area contributed by atoms with Gasteiger partial charge in [-0.25, -0.2) is 4.98 Å². The molecule has 0 bridgehead atoms. The van der Waals surface area contributed by atoms with Gasteiger partial charge >= 0.3 is 6.18 Å². The standard InChI is InChI=1S/C20H11ClF3N5S/c21-14-7-3-12(4-8-14)19-26-18(17-15(10-25)27-29-28-17)16(30-19)9-11-1-5-13(6-2-11)20(22,23)24/h1-8H,9H2,(H,27,28,29). The second-order valence-corrected chi connectivity index (χ2v) is 7.82. The molecule has 2 aromatic heterocycles. The fraction of sp³-hybridized carbons (Fsp3) is 0.100. The number of hydrogen-bond acceptors (Lipinski definition) is 5. The maximum absolute atomic E-state index is 12.8. The van der Waals surface area contributed by atoms with Crippen LogP contribution in [0.2, 0.25) is 5.02 Å². The topological polar surface area (TPSA) is 78.2 Å². The van der Waals surface area contributed by atoms with E-state index in [4.69, 9.17) is 11.6 Å². The molecule has 150 valence electrons. The molecule has 0 unspecified atom stereocenters. The van der Waals surface area contributed by atoms with E-state index in [-0.39, 0.29) is 5.69 Å². The SMILES string of the molecule is N#Cc1n[nH]nc1-c1nc(-c2ccc(Cl)cc2)sc1Cc1ccc(C(F)(F)F)cc1. The quantitative estimate of drug-likeness (QED) is 0.435. The van der Waals surface area contributed by atoms with Crippen LogP contribution in [0.5, 0.6) is 0 Å². The number of H-pyrrole nitrogens is 1. The van der Waals surface area contributed by atoms with Crippen LogP contribution in [0.1, 0.15) is 21.7 Å². The molecule has 4 aromatic rings. The van der Waals surface area contributed by atoms with Gasteiger partial charge in [0.25, 0.3) is 0 Å². The van der Waals surface area contributed by atoms with Crippen molar-refractivity contribution >= 4 is 22.9 Å². The summed E-state index contributed by atoms with van der Waals surface area (Å²) in [6.07, 6.45) is -4.06. The van der Waals surface area contributed by atoms with Crippen LogP contribution in [-0.4, -0.2) is 20.4 Å². The third-order valence-corrected chi connectivity index (χ3v) is 5.67. The van der Waals surface area contributed by atoms with E-state index < -0.39 is 11.7 Å². The summed E-state index contributed by atoms with van der Waals surface area (Å²) in [7, 11) is 0.